The minimum atomic E-state index is -2.29. The Bertz CT molecular complexity index is 1460. The number of anilines is 2. The molecule has 1 atom stereocenters. The minimum Gasteiger partial charge on any atom is -0.383 e. The molecule has 6 nitrogen and oxygen atoms in total. The van der Waals surface area contributed by atoms with Gasteiger partial charge in [0.2, 0.25) is 0 Å². The maximum atomic E-state index is 15.1. The zero-order chi connectivity index (χ0) is 24.9. The molecule has 0 aliphatic heterocycles. The number of rotatable bonds is 5. The monoisotopic (exact) mass is 627 g/mol. The molecule has 1 fully saturated rings. The van der Waals surface area contributed by atoms with Gasteiger partial charge in [0.05, 0.1) is 20.0 Å². The van der Waals surface area contributed by atoms with Crippen LogP contribution in [0.1, 0.15) is 31.7 Å². The molecule has 0 radical (unpaired) electrons. The lowest BCUT2D eigenvalue weighted by molar-refractivity contribution is 0.532. The first kappa shape index (κ1) is 24.3. The summed E-state index contributed by atoms with van der Waals surface area (Å²) in [5.41, 5.74) is 7.94. The highest BCUT2D eigenvalue weighted by molar-refractivity contribution is 9.11. The molecule has 0 amide bonds. The third kappa shape index (κ3) is 4.36. The lowest BCUT2D eigenvalue weighted by Gasteiger charge is -2.12. The zero-order valence-corrected chi connectivity index (χ0v) is 22.0. The molecule has 3 N–H and O–H groups in total. The summed E-state index contributed by atoms with van der Waals surface area (Å²) in [4.78, 5) is 8.07. The first-order valence-corrected chi connectivity index (χ1v) is 13.4. The molecule has 1 saturated carbocycles. The fraction of sp³-hybridized carbons (Fsp3) is 0.217. The van der Waals surface area contributed by atoms with Gasteiger partial charge in [0.1, 0.15) is 34.3 Å². The van der Waals surface area contributed by atoms with Crippen LogP contribution in [-0.2, 0) is 11.0 Å². The minimum absolute atomic E-state index is 0.137. The lowest BCUT2D eigenvalue weighted by atomic mass is 10.1. The normalized spacial score (nSPS) is 15.1. The summed E-state index contributed by atoms with van der Waals surface area (Å²) < 4.78 is 60.4. The van der Waals surface area contributed by atoms with Crippen molar-refractivity contribution in [1.82, 2.24) is 14.5 Å². The number of nitrogens with one attached hydrogen (secondary N) is 1. The van der Waals surface area contributed by atoms with Crippen molar-refractivity contribution in [2.45, 2.75) is 36.6 Å². The van der Waals surface area contributed by atoms with Gasteiger partial charge in [-0.25, -0.2) is 27.3 Å². The Hall–Kier alpha value is -2.44. The van der Waals surface area contributed by atoms with E-state index in [0.29, 0.717) is 28.0 Å². The molecular formula is C23H18Br2F3N5OS. The standard InChI is InChI=1S/C23H18Br2F3N5OS/c24-14-8-16(27)19(25)21(20(14)28)35(34)32-17-6-5-11(7-15(17)26)13-9-33(12-3-1-2-4-12)23-18(13)22(29)30-10-31-23/h5-10,12,32H,1-4H2,(H2,29,30,31). The van der Waals surface area contributed by atoms with Crippen LogP contribution in [-0.4, -0.2) is 18.7 Å². The summed E-state index contributed by atoms with van der Waals surface area (Å²) >= 11 is 5.80. The van der Waals surface area contributed by atoms with Crippen LogP contribution in [0.3, 0.4) is 0 Å². The van der Waals surface area contributed by atoms with Crippen molar-refractivity contribution < 1.29 is 17.4 Å². The number of hydrogen-bond donors (Lipinski definition) is 2. The summed E-state index contributed by atoms with van der Waals surface area (Å²) in [6.45, 7) is 0. The molecule has 1 aliphatic carbocycles. The Morgan fingerprint density at radius 1 is 1.09 bits per heavy atom. The van der Waals surface area contributed by atoms with Crippen molar-refractivity contribution in [3.8, 4) is 11.1 Å². The van der Waals surface area contributed by atoms with Crippen molar-refractivity contribution >= 4 is 65.4 Å². The second-order valence-corrected chi connectivity index (χ2v) is 11.0. The van der Waals surface area contributed by atoms with Crippen LogP contribution in [0.4, 0.5) is 24.7 Å². The molecule has 2 aromatic carbocycles. The van der Waals surface area contributed by atoms with E-state index in [-0.39, 0.29) is 20.7 Å². The molecule has 35 heavy (non-hydrogen) atoms. The summed E-state index contributed by atoms with van der Waals surface area (Å²) in [6.07, 6.45) is 7.65. The highest BCUT2D eigenvalue weighted by atomic mass is 79.9. The van der Waals surface area contributed by atoms with E-state index in [1.54, 1.807) is 6.07 Å². The van der Waals surface area contributed by atoms with Gasteiger partial charge in [-0.1, -0.05) is 18.9 Å². The number of nitrogens with two attached hydrogens (primary N) is 1. The first-order chi connectivity index (χ1) is 16.8. The van der Waals surface area contributed by atoms with Crippen molar-refractivity contribution in [3.63, 3.8) is 0 Å². The Balaban J connectivity index is 1.52. The van der Waals surface area contributed by atoms with E-state index in [1.807, 2.05) is 6.20 Å². The largest absolute Gasteiger partial charge is 0.383 e. The van der Waals surface area contributed by atoms with Gasteiger partial charge in [-0.15, -0.1) is 0 Å². The second kappa shape index (κ2) is 9.55. The van der Waals surface area contributed by atoms with Crippen molar-refractivity contribution in [3.05, 3.63) is 63.2 Å². The van der Waals surface area contributed by atoms with E-state index in [9.17, 15) is 13.0 Å². The van der Waals surface area contributed by atoms with Gasteiger partial charge >= 0.3 is 0 Å². The van der Waals surface area contributed by atoms with Gasteiger partial charge in [-0.2, -0.15) is 0 Å². The SMILES string of the molecule is Nc1ncnc2c1c(-c1ccc(NS(=O)c3c(F)c(Br)cc(F)c3Br)c(F)c1)cn2C1CCCC1. The smallest absolute Gasteiger partial charge is 0.156 e. The van der Waals surface area contributed by atoms with E-state index in [0.717, 1.165) is 31.7 Å². The number of fused-ring (bicyclic) bond motifs is 1. The fourth-order valence-electron chi connectivity index (χ4n) is 4.42. The maximum absolute atomic E-state index is 15.1. The number of nitrogen functional groups attached to an aromatic ring is 1. The topological polar surface area (TPSA) is 85.8 Å². The van der Waals surface area contributed by atoms with E-state index in [2.05, 4.69) is 51.1 Å². The van der Waals surface area contributed by atoms with E-state index >= 15 is 4.39 Å². The molecule has 1 aliphatic rings. The number of halogens is 5. The summed E-state index contributed by atoms with van der Waals surface area (Å²) in [5, 5.41) is 0.638. The van der Waals surface area contributed by atoms with Gasteiger partial charge in [0.15, 0.2) is 16.8 Å². The molecular weight excluding hydrogens is 611 g/mol. The lowest BCUT2D eigenvalue weighted by Crippen LogP contribution is -2.10. The molecule has 1 unspecified atom stereocenters. The van der Waals surface area contributed by atoms with Gasteiger partial charge in [0, 0.05) is 17.8 Å². The highest BCUT2D eigenvalue weighted by Crippen LogP contribution is 2.39. The fourth-order valence-corrected chi connectivity index (χ4v) is 6.68. The van der Waals surface area contributed by atoms with Crippen LogP contribution in [0.2, 0.25) is 0 Å². The molecule has 12 heteroatoms. The molecule has 182 valence electrons. The maximum Gasteiger partial charge on any atom is 0.156 e. The Labute approximate surface area is 218 Å². The Morgan fingerprint density at radius 2 is 1.83 bits per heavy atom. The third-order valence-electron chi connectivity index (χ3n) is 6.10. The molecule has 5 rings (SSSR count). The summed E-state index contributed by atoms with van der Waals surface area (Å²) in [7, 11) is -2.29. The van der Waals surface area contributed by atoms with Crippen LogP contribution >= 0.6 is 31.9 Å². The third-order valence-corrected chi connectivity index (χ3v) is 8.87. The van der Waals surface area contributed by atoms with E-state index in [4.69, 9.17) is 5.73 Å². The Kier molecular flexibility index (Phi) is 6.62. The molecule has 0 saturated heterocycles. The predicted molar refractivity (Wildman–Crippen MR) is 137 cm³/mol. The van der Waals surface area contributed by atoms with Gasteiger partial charge in [-0.05, 0) is 68.5 Å². The van der Waals surface area contributed by atoms with E-state index < -0.39 is 33.3 Å². The molecule has 2 aromatic heterocycles. The number of aromatic nitrogens is 3. The van der Waals surface area contributed by atoms with E-state index in [1.165, 1.54) is 18.5 Å². The quantitative estimate of drug-likeness (QED) is 0.236. The average molecular weight is 629 g/mol. The number of benzene rings is 2. The summed E-state index contributed by atoms with van der Waals surface area (Å²) in [6, 6.07) is 5.49. The van der Waals surface area contributed by atoms with Crippen LogP contribution in [0.5, 0.6) is 0 Å². The molecule has 0 spiro atoms. The van der Waals surface area contributed by atoms with Crippen molar-refractivity contribution in [2.75, 3.05) is 10.5 Å². The summed E-state index contributed by atoms with van der Waals surface area (Å²) in [5.74, 6) is -2.16. The predicted octanol–water partition coefficient (Wildman–Crippen LogP) is 6.87. The second-order valence-electron chi connectivity index (χ2n) is 8.21. The van der Waals surface area contributed by atoms with Crippen LogP contribution in [0, 0.1) is 17.5 Å². The van der Waals surface area contributed by atoms with Gasteiger partial charge in [-0.3, -0.25) is 4.72 Å². The van der Waals surface area contributed by atoms with Crippen LogP contribution in [0.25, 0.3) is 22.2 Å². The molecule has 4 aromatic rings. The first-order valence-electron chi connectivity index (χ1n) is 10.7. The molecule has 2 heterocycles. The van der Waals surface area contributed by atoms with Gasteiger partial charge in [0.25, 0.3) is 0 Å². The van der Waals surface area contributed by atoms with Crippen molar-refractivity contribution in [2.24, 2.45) is 0 Å². The average Bonchev–Trinajstić information content (AvgIpc) is 3.48. The van der Waals surface area contributed by atoms with Crippen molar-refractivity contribution in [1.29, 1.82) is 0 Å². The Morgan fingerprint density at radius 3 is 2.54 bits per heavy atom. The zero-order valence-electron chi connectivity index (χ0n) is 18.0. The van der Waals surface area contributed by atoms with Gasteiger partial charge < -0.3 is 10.3 Å². The number of nitrogens with zero attached hydrogens (tertiary/aromatic N) is 3. The highest BCUT2D eigenvalue weighted by Gasteiger charge is 2.25. The van der Waals surface area contributed by atoms with Crippen LogP contribution < -0.4 is 10.5 Å². The number of hydrogen-bond acceptors (Lipinski definition) is 4. The molecule has 0 bridgehead atoms. The van der Waals surface area contributed by atoms with Crippen LogP contribution in [0.15, 0.2) is 50.6 Å².